The molecule has 0 bridgehead atoms. The second-order valence-corrected chi connectivity index (χ2v) is 7.89. The van der Waals surface area contributed by atoms with Crippen LogP contribution in [0.15, 0.2) is 47.3 Å². The predicted octanol–water partition coefficient (Wildman–Crippen LogP) is 2.29. The number of aromatic nitrogens is 2. The van der Waals surface area contributed by atoms with Crippen LogP contribution in [0.2, 0.25) is 0 Å². The van der Waals surface area contributed by atoms with Crippen LogP contribution >= 0.6 is 0 Å². The fraction of sp³-hybridized carbons (Fsp3) is 0.500. The Morgan fingerprint density at radius 3 is 2.71 bits per heavy atom. The molecule has 4 rings (SSSR count). The average molecular weight is 380 g/mol. The summed E-state index contributed by atoms with van der Waals surface area (Å²) in [6.07, 6.45) is 6.19. The number of rotatable bonds is 5. The van der Waals surface area contributed by atoms with E-state index in [1.807, 2.05) is 30.3 Å². The van der Waals surface area contributed by atoms with E-state index in [9.17, 15) is 9.59 Å². The fourth-order valence-electron chi connectivity index (χ4n) is 4.58. The maximum atomic E-state index is 12.5. The monoisotopic (exact) mass is 380 g/mol. The number of nitrogens with one attached hydrogen (secondary N) is 1. The normalized spacial score (nSPS) is 22.4. The first kappa shape index (κ1) is 18.9. The average Bonchev–Trinajstić information content (AvgIpc) is 2.74. The van der Waals surface area contributed by atoms with Gasteiger partial charge in [-0.15, -0.1) is 0 Å². The van der Waals surface area contributed by atoms with E-state index in [-0.39, 0.29) is 18.0 Å². The van der Waals surface area contributed by atoms with Crippen molar-refractivity contribution in [1.29, 1.82) is 0 Å². The highest BCUT2D eigenvalue weighted by atomic mass is 16.2. The molecule has 2 aliphatic rings. The van der Waals surface area contributed by atoms with Crippen molar-refractivity contribution in [2.45, 2.75) is 44.7 Å². The van der Waals surface area contributed by atoms with Crippen LogP contribution in [0, 0.1) is 5.92 Å². The molecule has 2 aliphatic heterocycles. The van der Waals surface area contributed by atoms with Crippen molar-refractivity contribution in [3.8, 4) is 11.3 Å². The third-order valence-corrected chi connectivity index (χ3v) is 6.02. The van der Waals surface area contributed by atoms with Crippen molar-refractivity contribution in [1.82, 2.24) is 20.0 Å². The van der Waals surface area contributed by atoms with Crippen LogP contribution < -0.4 is 10.9 Å². The number of hydrogen-bond acceptors (Lipinski definition) is 4. The maximum absolute atomic E-state index is 12.5. The van der Waals surface area contributed by atoms with Gasteiger partial charge in [0.05, 0.1) is 5.69 Å². The highest BCUT2D eigenvalue weighted by molar-refractivity contribution is 5.75. The van der Waals surface area contributed by atoms with Gasteiger partial charge in [-0.3, -0.25) is 9.59 Å². The van der Waals surface area contributed by atoms with Gasteiger partial charge in [-0.25, -0.2) is 4.68 Å². The summed E-state index contributed by atoms with van der Waals surface area (Å²) in [6.45, 7) is 3.04. The van der Waals surface area contributed by atoms with Gasteiger partial charge in [0.2, 0.25) is 5.91 Å². The lowest BCUT2D eigenvalue weighted by Gasteiger charge is -2.44. The molecule has 148 valence electrons. The standard InChI is InChI=1S/C22H28N4O2/c27-21(23-15-18-9-6-14-25-13-5-4-10-20(18)25)16-26-22(28)12-11-19(24-26)17-7-2-1-3-8-17/h1-3,7-8,11-12,18,20H,4-6,9-10,13-16H2,(H,23,27)/t18-,20+/m0/s1. The molecule has 0 aliphatic carbocycles. The molecule has 1 amide bonds. The van der Waals surface area contributed by atoms with Crippen LogP contribution in [0.1, 0.15) is 32.1 Å². The first-order chi connectivity index (χ1) is 13.7. The van der Waals surface area contributed by atoms with Gasteiger partial charge in [-0.2, -0.15) is 5.10 Å². The molecule has 0 radical (unpaired) electrons. The third-order valence-electron chi connectivity index (χ3n) is 6.02. The molecule has 3 heterocycles. The smallest absolute Gasteiger partial charge is 0.267 e. The molecule has 0 spiro atoms. The van der Waals surface area contributed by atoms with Gasteiger partial charge in [0, 0.05) is 24.2 Å². The number of piperidine rings is 2. The van der Waals surface area contributed by atoms with Gasteiger partial charge >= 0.3 is 0 Å². The molecule has 1 aromatic heterocycles. The second kappa shape index (κ2) is 8.69. The zero-order valence-corrected chi connectivity index (χ0v) is 16.2. The SMILES string of the molecule is O=C(Cn1nc(-c2ccccc2)ccc1=O)NC[C@@H]1CCCN2CCCC[C@H]12. The number of carbonyl (C=O) groups is 1. The number of benzene rings is 1. The van der Waals surface area contributed by atoms with Crippen molar-refractivity contribution in [2.24, 2.45) is 5.92 Å². The molecule has 1 aromatic carbocycles. The molecule has 2 fully saturated rings. The molecule has 2 aromatic rings. The van der Waals surface area contributed by atoms with E-state index in [4.69, 9.17) is 0 Å². The summed E-state index contributed by atoms with van der Waals surface area (Å²) in [5.74, 6) is 0.367. The summed E-state index contributed by atoms with van der Waals surface area (Å²) >= 11 is 0. The Hall–Kier alpha value is -2.47. The van der Waals surface area contributed by atoms with Crippen LogP contribution in [0.3, 0.4) is 0 Å². The van der Waals surface area contributed by atoms with Crippen LogP contribution in [0.25, 0.3) is 11.3 Å². The molecule has 6 heteroatoms. The first-order valence-electron chi connectivity index (χ1n) is 10.3. The Morgan fingerprint density at radius 2 is 1.86 bits per heavy atom. The molecule has 2 atom stereocenters. The molecule has 0 saturated carbocycles. The van der Waals surface area contributed by atoms with E-state index in [0.717, 1.165) is 5.56 Å². The van der Waals surface area contributed by atoms with Gasteiger partial charge in [0.1, 0.15) is 6.54 Å². The van der Waals surface area contributed by atoms with E-state index in [2.05, 4.69) is 15.3 Å². The largest absolute Gasteiger partial charge is 0.354 e. The van der Waals surface area contributed by atoms with Gasteiger partial charge < -0.3 is 10.2 Å². The molecule has 2 saturated heterocycles. The van der Waals surface area contributed by atoms with Crippen LogP contribution in [-0.2, 0) is 11.3 Å². The quantitative estimate of drug-likeness (QED) is 0.864. The lowest BCUT2D eigenvalue weighted by atomic mass is 9.83. The van der Waals surface area contributed by atoms with Gasteiger partial charge in [0.15, 0.2) is 0 Å². The Balaban J connectivity index is 1.38. The highest BCUT2D eigenvalue weighted by Crippen LogP contribution is 2.30. The Morgan fingerprint density at radius 1 is 1.04 bits per heavy atom. The first-order valence-corrected chi connectivity index (χ1v) is 10.3. The minimum absolute atomic E-state index is 0.0411. The maximum Gasteiger partial charge on any atom is 0.267 e. The van der Waals surface area contributed by atoms with E-state index in [0.29, 0.717) is 24.2 Å². The summed E-state index contributed by atoms with van der Waals surface area (Å²) in [4.78, 5) is 27.2. The summed E-state index contributed by atoms with van der Waals surface area (Å²) in [5, 5.41) is 7.43. The van der Waals surface area contributed by atoms with E-state index in [1.165, 1.54) is 55.9 Å². The molecular formula is C22H28N4O2. The number of nitrogens with zero attached hydrogens (tertiary/aromatic N) is 3. The molecule has 6 nitrogen and oxygen atoms in total. The summed E-state index contributed by atoms with van der Waals surface area (Å²) in [7, 11) is 0. The van der Waals surface area contributed by atoms with Crippen LogP contribution in [0.5, 0.6) is 0 Å². The minimum Gasteiger partial charge on any atom is -0.354 e. The number of hydrogen-bond donors (Lipinski definition) is 1. The van der Waals surface area contributed by atoms with Crippen molar-refractivity contribution in [2.75, 3.05) is 19.6 Å². The molecule has 0 unspecified atom stereocenters. The highest BCUT2D eigenvalue weighted by Gasteiger charge is 2.32. The van der Waals surface area contributed by atoms with Crippen LogP contribution in [-0.4, -0.2) is 46.3 Å². The number of amides is 1. The van der Waals surface area contributed by atoms with E-state index < -0.39 is 0 Å². The Labute approximate surface area is 165 Å². The summed E-state index contributed by atoms with van der Waals surface area (Å²) in [6, 6.07) is 13.5. The lowest BCUT2D eigenvalue weighted by Crippen LogP contribution is -2.51. The van der Waals surface area contributed by atoms with Crippen LogP contribution in [0.4, 0.5) is 0 Å². The predicted molar refractivity (Wildman–Crippen MR) is 109 cm³/mol. The van der Waals surface area contributed by atoms with Gasteiger partial charge in [-0.1, -0.05) is 36.8 Å². The molecule has 28 heavy (non-hydrogen) atoms. The van der Waals surface area contributed by atoms with Crippen molar-refractivity contribution >= 4 is 5.91 Å². The van der Waals surface area contributed by atoms with Gasteiger partial charge in [0.25, 0.3) is 5.56 Å². The Kier molecular flexibility index (Phi) is 5.86. The van der Waals surface area contributed by atoms with Crippen molar-refractivity contribution < 1.29 is 4.79 Å². The zero-order valence-electron chi connectivity index (χ0n) is 16.2. The third kappa shape index (κ3) is 4.33. The lowest BCUT2D eigenvalue weighted by molar-refractivity contribution is -0.122. The number of carbonyl (C=O) groups excluding carboxylic acids is 1. The van der Waals surface area contributed by atoms with Crippen molar-refractivity contribution in [3.63, 3.8) is 0 Å². The fourth-order valence-corrected chi connectivity index (χ4v) is 4.58. The summed E-state index contributed by atoms with van der Waals surface area (Å²) < 4.78 is 1.26. The molecular weight excluding hydrogens is 352 g/mol. The van der Waals surface area contributed by atoms with E-state index >= 15 is 0 Å². The Bertz CT molecular complexity index is 862. The minimum atomic E-state index is -0.258. The van der Waals surface area contributed by atoms with E-state index in [1.54, 1.807) is 6.07 Å². The second-order valence-electron chi connectivity index (χ2n) is 7.89. The van der Waals surface area contributed by atoms with Gasteiger partial charge in [-0.05, 0) is 50.8 Å². The van der Waals surface area contributed by atoms with Crippen molar-refractivity contribution in [3.05, 3.63) is 52.8 Å². The zero-order chi connectivity index (χ0) is 19.3. The number of fused-ring (bicyclic) bond motifs is 1. The molecule has 1 N–H and O–H groups in total. The topological polar surface area (TPSA) is 67.2 Å². The summed E-state index contributed by atoms with van der Waals surface area (Å²) in [5.41, 5.74) is 1.36.